The van der Waals surface area contributed by atoms with Crippen LogP contribution in [-0.4, -0.2) is 45.9 Å². The van der Waals surface area contributed by atoms with E-state index in [4.69, 9.17) is 16.3 Å². The first-order valence-electron chi connectivity index (χ1n) is 12.2. The van der Waals surface area contributed by atoms with Crippen LogP contribution in [0.15, 0.2) is 53.5 Å². The zero-order valence-corrected chi connectivity index (χ0v) is 22.9. The number of amides is 2. The van der Waals surface area contributed by atoms with Gasteiger partial charge in [0.05, 0.1) is 17.7 Å². The molecule has 1 aliphatic rings. The van der Waals surface area contributed by atoms with Gasteiger partial charge in [0, 0.05) is 60.2 Å². The van der Waals surface area contributed by atoms with Gasteiger partial charge in [-0.05, 0) is 37.3 Å². The minimum Gasteiger partial charge on any atom is -0.490 e. The average molecular weight is 531 g/mol. The summed E-state index contributed by atoms with van der Waals surface area (Å²) < 4.78 is 5.88. The molecule has 1 N–H and O–H groups in total. The Bertz CT molecular complexity index is 1070. The first kappa shape index (κ1) is 29.3. The number of nitrogens with zero attached hydrogens (tertiary/aromatic N) is 3. The second-order valence-corrected chi connectivity index (χ2v) is 9.01. The van der Waals surface area contributed by atoms with E-state index in [0.717, 1.165) is 43.1 Å². The zero-order valence-electron chi connectivity index (χ0n) is 21.4. The summed E-state index contributed by atoms with van der Waals surface area (Å²) in [4.78, 5) is 33.3. The van der Waals surface area contributed by atoms with Crippen molar-refractivity contribution in [3.05, 3.63) is 75.5 Å². The third-order valence-electron chi connectivity index (χ3n) is 5.27. The summed E-state index contributed by atoms with van der Waals surface area (Å²) in [6.45, 7) is 9.80. The Morgan fingerprint density at radius 2 is 1.92 bits per heavy atom. The molecule has 0 radical (unpaired) electrons. The molecule has 36 heavy (non-hydrogen) atoms. The van der Waals surface area contributed by atoms with Crippen molar-refractivity contribution < 1.29 is 14.3 Å². The summed E-state index contributed by atoms with van der Waals surface area (Å²) in [5.74, 6) is 0.942. The van der Waals surface area contributed by atoms with Crippen LogP contribution in [0.5, 0.6) is 5.75 Å². The van der Waals surface area contributed by atoms with Gasteiger partial charge in [-0.1, -0.05) is 38.4 Å². The number of likely N-dealkylation sites (tertiary alicyclic amines) is 1. The molecule has 0 unspecified atom stereocenters. The number of hydrogen-bond acceptors (Lipinski definition) is 6. The van der Waals surface area contributed by atoms with Crippen LogP contribution in [0.25, 0.3) is 0 Å². The molecule has 0 aliphatic carbocycles. The fraction of sp³-hybridized carbons (Fsp3) is 0.407. The van der Waals surface area contributed by atoms with Gasteiger partial charge in [-0.2, -0.15) is 0 Å². The van der Waals surface area contributed by atoms with E-state index in [1.807, 2.05) is 62.2 Å². The maximum absolute atomic E-state index is 11.7. The molecule has 1 aromatic carbocycles. The Balaban J connectivity index is 0.000000239. The van der Waals surface area contributed by atoms with Crippen LogP contribution in [0.4, 0.5) is 0 Å². The predicted molar refractivity (Wildman–Crippen MR) is 146 cm³/mol. The van der Waals surface area contributed by atoms with Crippen molar-refractivity contribution in [2.24, 2.45) is 0 Å². The minimum absolute atomic E-state index is 0.0986. The molecule has 0 spiro atoms. The second kappa shape index (κ2) is 15.9. The number of carbonyl (C=O) groups excluding carboxylic acids is 2. The summed E-state index contributed by atoms with van der Waals surface area (Å²) in [6, 6.07) is 10.9. The standard InChI is InChI=1S/C14H18ClNO2.C11H11N3OS.C2H6/c1-2-14(17)16-8-6-12(7-9-16)18-13-5-3-4-11(15)10-13;1-8-4-9(2-3-12-8)11(15)13-5-10-6-16-7-14-10;1-2/h3-5,10,12H,2,6-9H2,1H3;2-4,6-7H,5H2,1H3,(H,13,15);1-2H3. The molecule has 9 heteroatoms. The van der Waals surface area contributed by atoms with Crippen LogP contribution in [0.1, 0.15) is 61.8 Å². The predicted octanol–water partition coefficient (Wildman–Crippen LogP) is 5.92. The summed E-state index contributed by atoms with van der Waals surface area (Å²) in [5.41, 5.74) is 4.09. The van der Waals surface area contributed by atoms with Crippen LogP contribution >= 0.6 is 22.9 Å². The van der Waals surface area contributed by atoms with Gasteiger partial charge in [-0.25, -0.2) is 4.98 Å². The molecular formula is C27H35ClN4O3S. The average Bonchev–Trinajstić information content (AvgIpc) is 3.43. The largest absolute Gasteiger partial charge is 0.490 e. The summed E-state index contributed by atoms with van der Waals surface area (Å²) in [6.07, 6.45) is 4.17. The molecule has 3 aromatic rings. The number of rotatable bonds is 6. The summed E-state index contributed by atoms with van der Waals surface area (Å²) in [5, 5.41) is 5.41. The lowest BCUT2D eigenvalue weighted by Gasteiger charge is -2.32. The van der Waals surface area contributed by atoms with Gasteiger partial charge in [0.25, 0.3) is 5.91 Å². The molecule has 0 bridgehead atoms. The number of benzene rings is 1. The van der Waals surface area contributed by atoms with E-state index >= 15 is 0 Å². The first-order valence-corrected chi connectivity index (χ1v) is 13.5. The molecular weight excluding hydrogens is 496 g/mol. The highest BCUT2D eigenvalue weighted by atomic mass is 35.5. The van der Waals surface area contributed by atoms with Gasteiger partial charge in [0.2, 0.25) is 5.91 Å². The van der Waals surface area contributed by atoms with Crippen LogP contribution in [-0.2, 0) is 11.3 Å². The molecule has 1 saturated heterocycles. The van der Waals surface area contributed by atoms with E-state index in [0.29, 0.717) is 23.6 Å². The van der Waals surface area contributed by atoms with Crippen LogP contribution in [0, 0.1) is 6.92 Å². The second-order valence-electron chi connectivity index (χ2n) is 7.86. The van der Waals surface area contributed by atoms with E-state index in [1.165, 1.54) is 11.3 Å². The Labute approximate surface area is 222 Å². The monoisotopic (exact) mass is 530 g/mol. The fourth-order valence-electron chi connectivity index (χ4n) is 3.46. The Hall–Kier alpha value is -2.97. The molecule has 3 heterocycles. The summed E-state index contributed by atoms with van der Waals surface area (Å²) in [7, 11) is 0. The van der Waals surface area contributed by atoms with Crippen LogP contribution in [0.2, 0.25) is 5.02 Å². The molecule has 2 amide bonds. The lowest BCUT2D eigenvalue weighted by atomic mass is 10.1. The molecule has 1 aliphatic heterocycles. The zero-order chi connectivity index (χ0) is 26.3. The Morgan fingerprint density at radius 1 is 1.17 bits per heavy atom. The van der Waals surface area contributed by atoms with Crippen molar-refractivity contribution in [3.63, 3.8) is 0 Å². The fourth-order valence-corrected chi connectivity index (χ4v) is 4.20. The van der Waals surface area contributed by atoms with E-state index < -0.39 is 0 Å². The number of halogens is 1. The Morgan fingerprint density at radius 3 is 2.53 bits per heavy atom. The van der Waals surface area contributed by atoms with Gasteiger partial charge < -0.3 is 15.0 Å². The topological polar surface area (TPSA) is 84.4 Å². The van der Waals surface area contributed by atoms with Gasteiger partial charge in [0.1, 0.15) is 11.9 Å². The van der Waals surface area contributed by atoms with Crippen molar-refractivity contribution in [1.82, 2.24) is 20.2 Å². The normalized spacial score (nSPS) is 13.0. The van der Waals surface area contributed by atoms with Crippen LogP contribution in [0.3, 0.4) is 0 Å². The van der Waals surface area contributed by atoms with Crippen molar-refractivity contribution in [2.75, 3.05) is 13.1 Å². The number of aryl methyl sites for hydroxylation is 1. The van der Waals surface area contributed by atoms with E-state index in [-0.39, 0.29) is 17.9 Å². The smallest absolute Gasteiger partial charge is 0.251 e. The lowest BCUT2D eigenvalue weighted by molar-refractivity contribution is -0.132. The van der Waals surface area contributed by atoms with Crippen molar-refractivity contribution in [2.45, 2.75) is 59.6 Å². The molecule has 2 aromatic heterocycles. The molecule has 194 valence electrons. The third-order valence-corrected chi connectivity index (χ3v) is 6.14. The van der Waals surface area contributed by atoms with Crippen molar-refractivity contribution in [1.29, 1.82) is 0 Å². The highest BCUT2D eigenvalue weighted by molar-refractivity contribution is 7.07. The summed E-state index contributed by atoms with van der Waals surface area (Å²) >= 11 is 7.43. The number of piperidine rings is 1. The molecule has 4 rings (SSSR count). The van der Waals surface area contributed by atoms with Crippen LogP contribution < -0.4 is 10.1 Å². The Kier molecular flexibility index (Phi) is 12.9. The molecule has 7 nitrogen and oxygen atoms in total. The van der Waals surface area contributed by atoms with E-state index in [1.54, 1.807) is 23.8 Å². The van der Waals surface area contributed by atoms with E-state index in [2.05, 4.69) is 15.3 Å². The lowest BCUT2D eigenvalue weighted by Crippen LogP contribution is -2.41. The third kappa shape index (κ3) is 9.95. The molecule has 0 saturated carbocycles. The number of carbonyl (C=O) groups is 2. The number of nitrogens with one attached hydrogen (secondary N) is 1. The number of thiazole rings is 1. The van der Waals surface area contributed by atoms with Gasteiger partial charge in [-0.15, -0.1) is 11.3 Å². The van der Waals surface area contributed by atoms with Crippen molar-refractivity contribution >= 4 is 34.8 Å². The molecule has 1 fully saturated rings. The highest BCUT2D eigenvalue weighted by Crippen LogP contribution is 2.22. The molecule has 0 atom stereocenters. The maximum atomic E-state index is 11.7. The highest BCUT2D eigenvalue weighted by Gasteiger charge is 2.22. The quantitative estimate of drug-likeness (QED) is 0.427. The number of ether oxygens (including phenoxy) is 1. The van der Waals surface area contributed by atoms with Gasteiger partial charge >= 0.3 is 0 Å². The maximum Gasteiger partial charge on any atom is 0.251 e. The van der Waals surface area contributed by atoms with Gasteiger partial charge in [-0.3, -0.25) is 14.6 Å². The first-order chi connectivity index (χ1) is 17.4. The number of aromatic nitrogens is 2. The number of pyridine rings is 1. The SMILES string of the molecule is CC.CCC(=O)N1CCC(Oc2cccc(Cl)c2)CC1.Cc1cc(C(=O)NCc2cscn2)ccn1. The van der Waals surface area contributed by atoms with Crippen molar-refractivity contribution in [3.8, 4) is 5.75 Å². The number of hydrogen-bond donors (Lipinski definition) is 1. The van der Waals surface area contributed by atoms with Gasteiger partial charge in [0.15, 0.2) is 0 Å². The van der Waals surface area contributed by atoms with E-state index in [9.17, 15) is 9.59 Å². The minimum atomic E-state index is -0.0986.